The number of cyclic esters (lactones) is 1. The predicted molar refractivity (Wildman–Crippen MR) is 47.7 cm³/mol. The fraction of sp³-hybridized carbons (Fsp3) is 0.700. The number of hydrogen-bond donors (Lipinski definition) is 0. The highest BCUT2D eigenvalue weighted by molar-refractivity contribution is 5.90. The highest BCUT2D eigenvalue weighted by atomic mass is 16.5. The van der Waals surface area contributed by atoms with Crippen LogP contribution in [0.5, 0.6) is 0 Å². The minimum atomic E-state index is -0.122. The number of carbonyl (C=O) groups is 1. The molecule has 0 saturated carbocycles. The monoisotopic (exact) mass is 168 g/mol. The van der Waals surface area contributed by atoms with Crippen LogP contribution < -0.4 is 0 Å². The van der Waals surface area contributed by atoms with E-state index < -0.39 is 0 Å². The van der Waals surface area contributed by atoms with E-state index in [9.17, 15) is 4.79 Å². The molecule has 1 aliphatic rings. The molecule has 1 aliphatic heterocycles. The molecule has 0 saturated heterocycles. The number of ether oxygens (including phenoxy) is 1. The van der Waals surface area contributed by atoms with Gasteiger partial charge in [-0.05, 0) is 25.3 Å². The van der Waals surface area contributed by atoms with E-state index >= 15 is 0 Å². The molecule has 1 heterocycles. The van der Waals surface area contributed by atoms with Crippen molar-refractivity contribution in [1.29, 1.82) is 0 Å². The maximum absolute atomic E-state index is 11.1. The van der Waals surface area contributed by atoms with Gasteiger partial charge in [-0.1, -0.05) is 20.3 Å². The normalized spacial score (nSPS) is 25.1. The summed E-state index contributed by atoms with van der Waals surface area (Å²) in [5.41, 5.74) is 0.858. The summed E-state index contributed by atoms with van der Waals surface area (Å²) in [6.07, 6.45) is 3.88. The first-order valence-electron chi connectivity index (χ1n) is 4.55. The zero-order valence-corrected chi connectivity index (χ0v) is 7.96. The van der Waals surface area contributed by atoms with Crippen LogP contribution in [-0.2, 0) is 9.53 Å². The van der Waals surface area contributed by atoms with Gasteiger partial charge in [0.25, 0.3) is 0 Å². The molecule has 0 aromatic heterocycles. The van der Waals surface area contributed by atoms with Crippen molar-refractivity contribution in [3.8, 4) is 0 Å². The molecule has 0 bridgehead atoms. The van der Waals surface area contributed by atoms with Gasteiger partial charge in [-0.15, -0.1) is 0 Å². The molecular formula is C10H16O2. The summed E-state index contributed by atoms with van der Waals surface area (Å²) >= 11 is 0. The van der Waals surface area contributed by atoms with Gasteiger partial charge in [-0.3, -0.25) is 0 Å². The van der Waals surface area contributed by atoms with Crippen LogP contribution in [0.15, 0.2) is 11.6 Å². The molecule has 2 nitrogen and oxygen atoms in total. The molecule has 2 atom stereocenters. The molecular weight excluding hydrogens is 152 g/mol. The van der Waals surface area contributed by atoms with Crippen molar-refractivity contribution in [1.82, 2.24) is 0 Å². The van der Waals surface area contributed by atoms with Crippen molar-refractivity contribution in [3.63, 3.8) is 0 Å². The molecule has 1 rings (SSSR count). The van der Waals surface area contributed by atoms with E-state index in [1.54, 1.807) is 0 Å². The van der Waals surface area contributed by atoms with E-state index in [2.05, 4.69) is 13.8 Å². The highest BCUT2D eigenvalue weighted by Crippen LogP contribution is 2.21. The van der Waals surface area contributed by atoms with Crippen molar-refractivity contribution >= 4 is 5.97 Å². The van der Waals surface area contributed by atoms with Crippen LogP contribution in [-0.4, -0.2) is 12.1 Å². The maximum atomic E-state index is 11.1. The van der Waals surface area contributed by atoms with Crippen LogP contribution in [0.3, 0.4) is 0 Å². The van der Waals surface area contributed by atoms with Crippen molar-refractivity contribution in [2.45, 2.75) is 39.7 Å². The molecule has 68 valence electrons. The Balaban J connectivity index is 2.52. The van der Waals surface area contributed by atoms with E-state index in [4.69, 9.17) is 4.74 Å². The van der Waals surface area contributed by atoms with Crippen LogP contribution in [0, 0.1) is 5.92 Å². The Morgan fingerprint density at radius 1 is 1.67 bits per heavy atom. The third-order valence-electron chi connectivity index (χ3n) is 2.26. The molecule has 0 aromatic carbocycles. The Kier molecular flexibility index (Phi) is 2.90. The topological polar surface area (TPSA) is 26.3 Å². The first kappa shape index (κ1) is 9.30. The third-order valence-corrected chi connectivity index (χ3v) is 2.26. The van der Waals surface area contributed by atoms with Crippen LogP contribution in [0.1, 0.15) is 33.6 Å². The quantitative estimate of drug-likeness (QED) is 0.604. The number of carbonyl (C=O) groups excluding carboxylic acids is 1. The number of hydrogen-bond acceptors (Lipinski definition) is 2. The minimum absolute atomic E-state index is 0.0171. The summed E-state index contributed by atoms with van der Waals surface area (Å²) < 4.78 is 4.99. The van der Waals surface area contributed by atoms with Gasteiger partial charge in [0.1, 0.15) is 6.10 Å². The van der Waals surface area contributed by atoms with Crippen molar-refractivity contribution in [2.75, 3.05) is 0 Å². The second-order valence-electron chi connectivity index (χ2n) is 3.52. The van der Waals surface area contributed by atoms with Gasteiger partial charge in [0.2, 0.25) is 0 Å². The van der Waals surface area contributed by atoms with Gasteiger partial charge in [0.15, 0.2) is 0 Å². The zero-order chi connectivity index (χ0) is 9.14. The first-order chi connectivity index (χ1) is 5.63. The molecule has 0 fully saturated rings. The Labute approximate surface area is 73.6 Å². The molecule has 0 radical (unpaired) electrons. The fourth-order valence-electron chi connectivity index (χ4n) is 1.30. The Bertz CT molecular complexity index is 206. The standard InChI is InChI=1S/C10H16O2/c1-4-7(2)5-9-6-8(3)12-10(9)11/h6-8H,4-5H2,1-3H3. The van der Waals surface area contributed by atoms with Gasteiger partial charge in [0.05, 0.1) is 0 Å². The lowest BCUT2D eigenvalue weighted by Gasteiger charge is -2.06. The summed E-state index contributed by atoms with van der Waals surface area (Å²) in [5, 5.41) is 0. The summed E-state index contributed by atoms with van der Waals surface area (Å²) in [4.78, 5) is 11.1. The molecule has 0 N–H and O–H groups in total. The average molecular weight is 168 g/mol. The summed E-state index contributed by atoms with van der Waals surface area (Å²) in [6, 6.07) is 0. The van der Waals surface area contributed by atoms with Crippen LogP contribution >= 0.6 is 0 Å². The van der Waals surface area contributed by atoms with E-state index in [1.165, 1.54) is 0 Å². The largest absolute Gasteiger partial charge is 0.455 e. The zero-order valence-electron chi connectivity index (χ0n) is 7.96. The molecule has 2 unspecified atom stereocenters. The SMILES string of the molecule is CCC(C)CC1=CC(C)OC1=O. The Morgan fingerprint density at radius 3 is 2.75 bits per heavy atom. The second kappa shape index (κ2) is 3.74. The molecule has 0 aromatic rings. The Morgan fingerprint density at radius 2 is 2.33 bits per heavy atom. The average Bonchev–Trinajstić information content (AvgIpc) is 2.30. The van der Waals surface area contributed by atoms with Crippen molar-refractivity contribution in [3.05, 3.63) is 11.6 Å². The van der Waals surface area contributed by atoms with Gasteiger partial charge in [0, 0.05) is 5.57 Å². The third kappa shape index (κ3) is 2.10. The van der Waals surface area contributed by atoms with Crippen molar-refractivity contribution in [2.24, 2.45) is 5.92 Å². The summed E-state index contributed by atoms with van der Waals surface area (Å²) in [5.74, 6) is 0.455. The Hall–Kier alpha value is -0.790. The van der Waals surface area contributed by atoms with Crippen LogP contribution in [0.2, 0.25) is 0 Å². The number of rotatable bonds is 3. The van der Waals surface area contributed by atoms with Gasteiger partial charge < -0.3 is 4.74 Å². The van der Waals surface area contributed by atoms with E-state index in [0.717, 1.165) is 18.4 Å². The molecule has 0 spiro atoms. The van der Waals surface area contributed by atoms with E-state index in [1.807, 2.05) is 13.0 Å². The lowest BCUT2D eigenvalue weighted by Crippen LogP contribution is -2.05. The second-order valence-corrected chi connectivity index (χ2v) is 3.52. The molecule has 0 aliphatic carbocycles. The van der Waals surface area contributed by atoms with Crippen LogP contribution in [0.4, 0.5) is 0 Å². The highest BCUT2D eigenvalue weighted by Gasteiger charge is 2.22. The predicted octanol–water partition coefficient (Wildman–Crippen LogP) is 2.29. The fourth-order valence-corrected chi connectivity index (χ4v) is 1.30. The van der Waals surface area contributed by atoms with E-state index in [-0.39, 0.29) is 12.1 Å². The lowest BCUT2D eigenvalue weighted by molar-refractivity contribution is -0.139. The van der Waals surface area contributed by atoms with Gasteiger partial charge in [-0.2, -0.15) is 0 Å². The maximum Gasteiger partial charge on any atom is 0.334 e. The number of esters is 1. The lowest BCUT2D eigenvalue weighted by atomic mass is 9.99. The van der Waals surface area contributed by atoms with Crippen molar-refractivity contribution < 1.29 is 9.53 Å². The van der Waals surface area contributed by atoms with Crippen LogP contribution in [0.25, 0.3) is 0 Å². The first-order valence-corrected chi connectivity index (χ1v) is 4.55. The molecule has 2 heteroatoms. The minimum Gasteiger partial charge on any atom is -0.455 e. The molecule has 0 amide bonds. The smallest absolute Gasteiger partial charge is 0.334 e. The molecule has 12 heavy (non-hydrogen) atoms. The van der Waals surface area contributed by atoms with Gasteiger partial charge >= 0.3 is 5.97 Å². The summed E-state index contributed by atoms with van der Waals surface area (Å²) in [7, 11) is 0. The summed E-state index contributed by atoms with van der Waals surface area (Å²) in [6.45, 7) is 6.17. The van der Waals surface area contributed by atoms with E-state index in [0.29, 0.717) is 5.92 Å². The van der Waals surface area contributed by atoms with Gasteiger partial charge in [-0.25, -0.2) is 4.79 Å².